The van der Waals surface area contributed by atoms with Crippen LogP contribution in [0, 0.1) is 0 Å². The molecule has 7 N–H and O–H groups in total. The highest BCUT2D eigenvalue weighted by molar-refractivity contribution is 5.70. The molecule has 2 rings (SSSR count). The highest BCUT2D eigenvalue weighted by Crippen LogP contribution is 2.26. The maximum atomic E-state index is 13.0. The van der Waals surface area contributed by atoms with Crippen LogP contribution in [0.4, 0.5) is 0 Å². The minimum absolute atomic E-state index is 0.143. The number of carbonyl (C=O) groups excluding carboxylic acids is 2. The summed E-state index contributed by atoms with van der Waals surface area (Å²) in [6, 6.07) is 0. The maximum absolute atomic E-state index is 13.0. The van der Waals surface area contributed by atoms with Crippen LogP contribution >= 0.6 is 0 Å². The Bertz CT molecular complexity index is 1450. The van der Waals surface area contributed by atoms with Gasteiger partial charge in [0, 0.05) is 12.8 Å². The Morgan fingerprint density at radius 1 is 0.471 bits per heavy atom. The Morgan fingerprint density at radius 2 is 0.900 bits per heavy atom. The lowest BCUT2D eigenvalue weighted by Gasteiger charge is -2.42. The Hall–Kier alpha value is -2.80. The Morgan fingerprint density at radius 3 is 1.41 bits per heavy atom. The van der Waals surface area contributed by atoms with Crippen molar-refractivity contribution in [3.05, 3.63) is 60.8 Å². The van der Waals surface area contributed by atoms with E-state index in [0.717, 1.165) is 83.5 Å². The van der Waals surface area contributed by atoms with Crippen LogP contribution in [0.3, 0.4) is 0 Å². The zero-order valence-corrected chi connectivity index (χ0v) is 42.7. The molecule has 0 amide bonds. The average Bonchev–Trinajstić information content (AvgIpc) is 3.35. The van der Waals surface area contributed by atoms with Crippen LogP contribution in [0.25, 0.3) is 0 Å². The molecule has 70 heavy (non-hydrogen) atoms. The first-order valence-corrected chi connectivity index (χ1v) is 26.9. The number of unbranched alkanes of at least 4 members (excludes halogenated alkanes) is 17. The largest absolute Gasteiger partial charge is 0.462 e. The van der Waals surface area contributed by atoms with Gasteiger partial charge in [0.15, 0.2) is 18.7 Å². The van der Waals surface area contributed by atoms with Gasteiger partial charge in [-0.3, -0.25) is 9.59 Å². The summed E-state index contributed by atoms with van der Waals surface area (Å²) in [5, 5.41) is 72.1. The molecule has 0 aromatic carbocycles. The molecular formula is C55H94O15. The molecule has 404 valence electrons. The first-order chi connectivity index (χ1) is 34.0. The molecular weight excluding hydrogens is 901 g/mol. The summed E-state index contributed by atoms with van der Waals surface area (Å²) in [6.45, 7) is 2.43. The third-order valence-electron chi connectivity index (χ3n) is 12.5. The Balaban J connectivity index is 1.79. The fraction of sp³-hybridized carbons (Fsp3) is 0.782. The molecule has 15 nitrogen and oxygen atoms in total. The van der Waals surface area contributed by atoms with Gasteiger partial charge in [-0.15, -0.1) is 0 Å². The van der Waals surface area contributed by atoms with Crippen molar-refractivity contribution < 1.29 is 73.8 Å². The lowest BCUT2D eigenvalue weighted by atomic mass is 9.98. The van der Waals surface area contributed by atoms with E-state index in [1.54, 1.807) is 0 Å². The summed E-state index contributed by atoms with van der Waals surface area (Å²) >= 11 is 0. The quantitative estimate of drug-likeness (QED) is 0.0175. The standard InChI is InChI=1S/C55H94O15/c1-3-5-7-9-11-13-15-17-19-20-21-22-24-25-27-29-31-33-35-37-46(57)65-40-43(68-47(58)38-36-34-32-30-28-26-23-18-16-14-12-10-8-6-4-2)41-66-54-53(64)51(62)49(60)45(70-54)42-67-55-52(63)50(61)48(59)44(39-56)69-55/h6,8,11-14,17-19,23,43-45,48-56,59-64H,3-5,7,9-10,15-16,20-22,24-42H2,1-2H3/b8-6-,13-11-,14-12-,19-17-,23-18-. The third kappa shape index (κ3) is 29.0. The second kappa shape index (κ2) is 41.6. The van der Waals surface area contributed by atoms with Crippen LogP contribution < -0.4 is 0 Å². The molecule has 11 unspecified atom stereocenters. The van der Waals surface area contributed by atoms with Gasteiger partial charge in [0.1, 0.15) is 55.4 Å². The summed E-state index contributed by atoms with van der Waals surface area (Å²) in [5.74, 6) is -0.951. The summed E-state index contributed by atoms with van der Waals surface area (Å²) in [5.41, 5.74) is 0. The van der Waals surface area contributed by atoms with Crippen LogP contribution in [-0.4, -0.2) is 142 Å². The van der Waals surface area contributed by atoms with Gasteiger partial charge in [0.05, 0.1) is 19.8 Å². The van der Waals surface area contributed by atoms with Gasteiger partial charge < -0.3 is 64.2 Å². The van der Waals surface area contributed by atoms with E-state index in [0.29, 0.717) is 12.8 Å². The molecule has 15 heteroatoms. The van der Waals surface area contributed by atoms with Crippen molar-refractivity contribution >= 4 is 11.9 Å². The fourth-order valence-electron chi connectivity index (χ4n) is 8.08. The summed E-state index contributed by atoms with van der Waals surface area (Å²) in [4.78, 5) is 25.8. The van der Waals surface area contributed by atoms with E-state index >= 15 is 0 Å². The second-order valence-electron chi connectivity index (χ2n) is 18.7. The molecule has 2 aliphatic heterocycles. The highest BCUT2D eigenvalue weighted by atomic mass is 16.7. The Kier molecular flexibility index (Phi) is 37.7. The van der Waals surface area contributed by atoms with Crippen molar-refractivity contribution in [2.24, 2.45) is 0 Å². The van der Waals surface area contributed by atoms with E-state index < -0.39 is 99.3 Å². The normalized spacial score (nSPS) is 25.8. The molecule has 2 fully saturated rings. The fourth-order valence-corrected chi connectivity index (χ4v) is 8.08. The average molecular weight is 995 g/mol. The SMILES string of the molecule is CC/C=C\C/C=C\C/C=C\CCCCCCCC(=O)OC(COC(=O)CCCCCCCCCCC/C=C\C/C=C\CCCCC)COC1OC(COC2OC(CO)C(O)C(O)C2O)C(O)C(O)C1O. The Labute approximate surface area is 420 Å². The summed E-state index contributed by atoms with van der Waals surface area (Å²) in [7, 11) is 0. The lowest BCUT2D eigenvalue weighted by Crippen LogP contribution is -2.61. The van der Waals surface area contributed by atoms with Crippen LogP contribution in [0.2, 0.25) is 0 Å². The van der Waals surface area contributed by atoms with Crippen molar-refractivity contribution in [2.45, 2.75) is 248 Å². The van der Waals surface area contributed by atoms with Crippen molar-refractivity contribution in [1.82, 2.24) is 0 Å². The zero-order valence-electron chi connectivity index (χ0n) is 42.7. The topological polar surface area (TPSA) is 231 Å². The predicted octanol–water partition coefficient (Wildman–Crippen LogP) is 8.05. The number of esters is 2. The maximum Gasteiger partial charge on any atom is 0.306 e. The molecule has 0 saturated carbocycles. The summed E-state index contributed by atoms with van der Waals surface area (Å²) < 4.78 is 33.6. The molecule has 0 bridgehead atoms. The molecule has 0 radical (unpaired) electrons. The number of carbonyl (C=O) groups is 2. The van der Waals surface area contributed by atoms with Crippen LogP contribution in [-0.2, 0) is 38.0 Å². The molecule has 0 spiro atoms. The van der Waals surface area contributed by atoms with Gasteiger partial charge in [0.25, 0.3) is 0 Å². The number of allylic oxidation sites excluding steroid dienone is 10. The van der Waals surface area contributed by atoms with E-state index in [4.69, 9.17) is 28.4 Å². The highest BCUT2D eigenvalue weighted by Gasteiger charge is 2.47. The van der Waals surface area contributed by atoms with Gasteiger partial charge >= 0.3 is 11.9 Å². The predicted molar refractivity (Wildman–Crippen MR) is 270 cm³/mol. The number of hydrogen-bond acceptors (Lipinski definition) is 15. The van der Waals surface area contributed by atoms with Gasteiger partial charge in [-0.25, -0.2) is 0 Å². The van der Waals surface area contributed by atoms with Crippen molar-refractivity contribution in [3.63, 3.8) is 0 Å². The smallest absolute Gasteiger partial charge is 0.306 e. The lowest BCUT2D eigenvalue weighted by molar-refractivity contribution is -0.332. The first kappa shape index (κ1) is 63.3. The van der Waals surface area contributed by atoms with E-state index in [-0.39, 0.29) is 19.4 Å². The van der Waals surface area contributed by atoms with Gasteiger partial charge in [-0.05, 0) is 77.0 Å². The zero-order chi connectivity index (χ0) is 51.0. The number of ether oxygens (including phenoxy) is 6. The monoisotopic (exact) mass is 995 g/mol. The summed E-state index contributed by atoms with van der Waals surface area (Å²) in [6.07, 6.45) is 31.0. The minimum atomic E-state index is -1.77. The first-order valence-electron chi connectivity index (χ1n) is 26.9. The van der Waals surface area contributed by atoms with E-state index in [2.05, 4.69) is 74.6 Å². The number of rotatable bonds is 41. The van der Waals surface area contributed by atoms with Gasteiger partial charge in [0.2, 0.25) is 0 Å². The van der Waals surface area contributed by atoms with Crippen LogP contribution in [0.15, 0.2) is 60.8 Å². The van der Waals surface area contributed by atoms with E-state index in [9.17, 15) is 45.3 Å². The number of aliphatic hydroxyl groups is 7. The van der Waals surface area contributed by atoms with Crippen molar-refractivity contribution in [1.29, 1.82) is 0 Å². The second-order valence-corrected chi connectivity index (χ2v) is 18.7. The minimum Gasteiger partial charge on any atom is -0.462 e. The van der Waals surface area contributed by atoms with Crippen LogP contribution in [0.1, 0.15) is 181 Å². The number of hydrogen-bond donors (Lipinski definition) is 7. The number of aliphatic hydroxyl groups excluding tert-OH is 7. The molecule has 11 atom stereocenters. The molecule has 2 aliphatic rings. The third-order valence-corrected chi connectivity index (χ3v) is 12.5. The molecule has 0 aromatic rings. The molecule has 0 aromatic heterocycles. The molecule has 0 aliphatic carbocycles. The van der Waals surface area contributed by atoms with E-state index in [1.807, 2.05) is 0 Å². The van der Waals surface area contributed by atoms with Crippen LogP contribution in [0.5, 0.6) is 0 Å². The van der Waals surface area contributed by atoms with Crippen molar-refractivity contribution in [3.8, 4) is 0 Å². The van der Waals surface area contributed by atoms with E-state index in [1.165, 1.54) is 57.8 Å². The molecule has 2 saturated heterocycles. The van der Waals surface area contributed by atoms with Crippen molar-refractivity contribution in [2.75, 3.05) is 26.4 Å². The van der Waals surface area contributed by atoms with Gasteiger partial charge in [-0.1, -0.05) is 152 Å². The van der Waals surface area contributed by atoms with Gasteiger partial charge in [-0.2, -0.15) is 0 Å². The molecule has 2 heterocycles.